The number of fused-ring (bicyclic) bond motifs is 1. The highest BCUT2D eigenvalue weighted by molar-refractivity contribution is 6.35. The number of hydrogen-bond donors (Lipinski definition) is 1. The first-order valence-corrected chi connectivity index (χ1v) is 9.51. The van der Waals surface area contributed by atoms with Gasteiger partial charge in [0.05, 0.1) is 16.2 Å². The van der Waals surface area contributed by atoms with Crippen LogP contribution in [0.5, 0.6) is 5.88 Å². The largest absolute Gasteiger partial charge is 0.472 e. The molecule has 1 saturated carbocycles. The molecule has 6 heteroatoms. The zero-order valence-corrected chi connectivity index (χ0v) is 15.7. The van der Waals surface area contributed by atoms with Gasteiger partial charge in [-0.3, -0.25) is 4.98 Å². The Hall–Kier alpha value is -3.18. The highest BCUT2D eigenvalue weighted by Gasteiger charge is 2.26. The summed E-state index contributed by atoms with van der Waals surface area (Å²) in [5.74, 6) is 0.669. The summed E-state index contributed by atoms with van der Waals surface area (Å²) < 4.78 is 5.88. The van der Waals surface area contributed by atoms with Crippen molar-refractivity contribution in [2.75, 3.05) is 5.73 Å². The van der Waals surface area contributed by atoms with Crippen LogP contribution in [0.1, 0.15) is 12.8 Å². The maximum Gasteiger partial charge on any atom is 0.258 e. The quantitative estimate of drug-likeness (QED) is 0.524. The Morgan fingerprint density at radius 2 is 1.71 bits per heavy atom. The van der Waals surface area contributed by atoms with Crippen LogP contribution < -0.4 is 10.5 Å². The number of nitrogens with two attached hydrogens (primary N) is 1. The van der Waals surface area contributed by atoms with Crippen molar-refractivity contribution in [1.82, 2.24) is 15.0 Å². The molecule has 2 aromatic heterocycles. The van der Waals surface area contributed by atoms with E-state index in [9.17, 15) is 0 Å². The molecular formula is C22H17ClN4O. The van der Waals surface area contributed by atoms with Gasteiger partial charge in [-0.1, -0.05) is 48.0 Å². The summed E-state index contributed by atoms with van der Waals surface area (Å²) in [6, 6.07) is 17.6. The summed E-state index contributed by atoms with van der Waals surface area (Å²) >= 11 is 6.51. The van der Waals surface area contributed by atoms with Crippen molar-refractivity contribution < 1.29 is 4.74 Å². The fourth-order valence-electron chi connectivity index (χ4n) is 3.15. The molecule has 0 saturated heterocycles. The van der Waals surface area contributed by atoms with Gasteiger partial charge in [-0.05, 0) is 31.0 Å². The number of anilines is 1. The second kappa shape index (κ2) is 6.77. The van der Waals surface area contributed by atoms with Gasteiger partial charge in [-0.15, -0.1) is 0 Å². The van der Waals surface area contributed by atoms with Gasteiger partial charge in [0.2, 0.25) is 0 Å². The molecule has 0 bridgehead atoms. The van der Waals surface area contributed by atoms with E-state index in [-0.39, 0.29) is 6.10 Å². The minimum absolute atomic E-state index is 0.177. The third kappa shape index (κ3) is 3.14. The van der Waals surface area contributed by atoms with Crippen molar-refractivity contribution in [3.63, 3.8) is 0 Å². The monoisotopic (exact) mass is 388 g/mol. The molecular weight excluding hydrogens is 372 g/mol. The minimum atomic E-state index is 0.177. The molecule has 2 heterocycles. The van der Waals surface area contributed by atoms with Crippen molar-refractivity contribution in [3.05, 3.63) is 65.8 Å². The van der Waals surface area contributed by atoms with E-state index in [0.29, 0.717) is 28.1 Å². The zero-order valence-electron chi connectivity index (χ0n) is 15.0. The fraction of sp³-hybridized carbons (Fsp3) is 0.136. The van der Waals surface area contributed by atoms with Gasteiger partial charge in [0.15, 0.2) is 5.82 Å². The minimum Gasteiger partial charge on any atom is -0.472 e. The van der Waals surface area contributed by atoms with Crippen molar-refractivity contribution in [1.29, 1.82) is 0 Å². The molecule has 4 aromatic rings. The second-order valence-corrected chi connectivity index (χ2v) is 7.23. The molecule has 28 heavy (non-hydrogen) atoms. The Labute approximate surface area is 167 Å². The van der Waals surface area contributed by atoms with Crippen LogP contribution >= 0.6 is 11.6 Å². The Morgan fingerprint density at radius 1 is 0.929 bits per heavy atom. The van der Waals surface area contributed by atoms with E-state index in [1.165, 1.54) is 0 Å². The molecule has 1 aliphatic carbocycles. The van der Waals surface area contributed by atoms with Crippen molar-refractivity contribution >= 4 is 28.3 Å². The van der Waals surface area contributed by atoms with Crippen molar-refractivity contribution in [2.45, 2.75) is 18.9 Å². The Kier molecular flexibility index (Phi) is 4.10. The van der Waals surface area contributed by atoms with Gasteiger partial charge in [0.1, 0.15) is 11.8 Å². The van der Waals surface area contributed by atoms with Gasteiger partial charge in [0, 0.05) is 22.7 Å². The molecule has 0 atom stereocenters. The predicted octanol–water partition coefficient (Wildman–Crippen LogP) is 5.14. The first-order valence-electron chi connectivity index (χ1n) is 9.13. The smallest absolute Gasteiger partial charge is 0.258 e. The molecule has 1 fully saturated rings. The summed E-state index contributed by atoms with van der Waals surface area (Å²) in [5.41, 5.74) is 10.1. The molecule has 5 nitrogen and oxygen atoms in total. The third-order valence-corrected chi connectivity index (χ3v) is 4.96. The number of ether oxygens (including phenoxy) is 1. The third-order valence-electron chi connectivity index (χ3n) is 4.67. The van der Waals surface area contributed by atoms with Crippen LogP contribution in [0.25, 0.3) is 33.4 Å². The van der Waals surface area contributed by atoms with Crippen molar-refractivity contribution in [3.8, 4) is 28.4 Å². The number of nitrogens with zero attached hydrogens (tertiary/aromatic N) is 3. The number of halogens is 1. The molecule has 0 amide bonds. The van der Waals surface area contributed by atoms with Gasteiger partial charge < -0.3 is 10.5 Å². The van der Waals surface area contributed by atoms with Crippen LogP contribution in [0.2, 0.25) is 5.02 Å². The maximum atomic E-state index is 6.51. The second-order valence-electron chi connectivity index (χ2n) is 6.83. The lowest BCUT2D eigenvalue weighted by molar-refractivity contribution is 0.292. The van der Waals surface area contributed by atoms with E-state index in [2.05, 4.69) is 9.97 Å². The van der Waals surface area contributed by atoms with Crippen LogP contribution in [-0.2, 0) is 0 Å². The standard InChI is InChI=1S/C22H17ClN4O/c23-17-12-15(11-14-7-4-10-25-18(14)17)20-19(13-5-2-1-3-6-13)26-21(24)22(27-20)28-16-8-9-16/h1-7,10-12,16H,8-9H2,(H2,24,26). The summed E-state index contributed by atoms with van der Waals surface area (Å²) in [7, 11) is 0. The summed E-state index contributed by atoms with van der Waals surface area (Å²) in [6.07, 6.45) is 3.94. The normalized spacial score (nSPS) is 13.6. The first-order chi connectivity index (χ1) is 13.7. The first kappa shape index (κ1) is 17.0. The summed E-state index contributed by atoms with van der Waals surface area (Å²) in [6.45, 7) is 0. The van der Waals surface area contributed by atoms with Gasteiger partial charge >= 0.3 is 0 Å². The van der Waals surface area contributed by atoms with Crippen LogP contribution in [0.4, 0.5) is 5.82 Å². The molecule has 138 valence electrons. The fourth-order valence-corrected chi connectivity index (χ4v) is 3.42. The zero-order chi connectivity index (χ0) is 19.1. The summed E-state index contributed by atoms with van der Waals surface area (Å²) in [4.78, 5) is 13.8. The highest BCUT2D eigenvalue weighted by Crippen LogP contribution is 2.37. The molecule has 0 radical (unpaired) electrons. The van der Waals surface area contributed by atoms with E-state index in [1.807, 2.05) is 54.6 Å². The van der Waals surface area contributed by atoms with Crippen LogP contribution in [0.15, 0.2) is 60.8 Å². The van der Waals surface area contributed by atoms with E-state index in [4.69, 9.17) is 27.1 Å². The number of aromatic nitrogens is 3. The molecule has 1 aliphatic rings. The van der Waals surface area contributed by atoms with Gasteiger partial charge in [0.25, 0.3) is 5.88 Å². The highest BCUT2D eigenvalue weighted by atomic mass is 35.5. The van der Waals surface area contributed by atoms with E-state index < -0.39 is 0 Å². The van der Waals surface area contributed by atoms with Gasteiger partial charge in [-0.2, -0.15) is 0 Å². The number of rotatable bonds is 4. The molecule has 0 unspecified atom stereocenters. The number of benzene rings is 2. The average molecular weight is 389 g/mol. The predicted molar refractivity (Wildman–Crippen MR) is 111 cm³/mol. The van der Waals surface area contributed by atoms with Crippen LogP contribution in [0, 0.1) is 0 Å². The molecule has 0 spiro atoms. The lowest BCUT2D eigenvalue weighted by Crippen LogP contribution is -2.07. The Bertz CT molecular complexity index is 1180. The topological polar surface area (TPSA) is 73.9 Å². The average Bonchev–Trinajstić information content (AvgIpc) is 3.54. The van der Waals surface area contributed by atoms with Crippen LogP contribution in [-0.4, -0.2) is 21.1 Å². The van der Waals surface area contributed by atoms with E-state index in [0.717, 1.165) is 34.9 Å². The molecule has 0 aliphatic heterocycles. The van der Waals surface area contributed by atoms with E-state index in [1.54, 1.807) is 6.20 Å². The SMILES string of the molecule is Nc1nc(-c2ccccc2)c(-c2cc(Cl)c3ncccc3c2)nc1OC1CC1. The number of hydrogen-bond acceptors (Lipinski definition) is 5. The Morgan fingerprint density at radius 3 is 2.50 bits per heavy atom. The molecule has 2 aromatic carbocycles. The van der Waals surface area contributed by atoms with Gasteiger partial charge in [-0.25, -0.2) is 9.97 Å². The molecule has 2 N–H and O–H groups in total. The Balaban J connectivity index is 1.74. The summed E-state index contributed by atoms with van der Waals surface area (Å²) in [5, 5.41) is 1.50. The van der Waals surface area contributed by atoms with Crippen molar-refractivity contribution in [2.24, 2.45) is 0 Å². The number of nitrogen functional groups attached to an aromatic ring is 1. The van der Waals surface area contributed by atoms with Crippen LogP contribution in [0.3, 0.4) is 0 Å². The van der Waals surface area contributed by atoms with E-state index >= 15 is 0 Å². The molecule has 5 rings (SSSR count). The maximum absolute atomic E-state index is 6.51. The lowest BCUT2D eigenvalue weighted by atomic mass is 10.0. The number of pyridine rings is 1. The lowest BCUT2D eigenvalue weighted by Gasteiger charge is -2.14.